The largest absolute Gasteiger partial charge is 0.315 e. The van der Waals surface area contributed by atoms with E-state index >= 15 is 0 Å². The van der Waals surface area contributed by atoms with Gasteiger partial charge in [0.05, 0.1) is 0 Å². The standard InChI is InChI=1S/C16H32N2/c1-13-8-7-9-14(12-13)15(17-2)16(18(3)4)10-5-6-11-16/h13-15,17H,5-12H2,1-4H3. The van der Waals surface area contributed by atoms with Gasteiger partial charge in [0.1, 0.15) is 0 Å². The minimum absolute atomic E-state index is 0.427. The van der Waals surface area contributed by atoms with Crippen molar-refractivity contribution in [3.8, 4) is 0 Å². The van der Waals surface area contributed by atoms with Gasteiger partial charge in [-0.25, -0.2) is 0 Å². The van der Waals surface area contributed by atoms with Crippen LogP contribution in [0, 0.1) is 11.8 Å². The highest BCUT2D eigenvalue weighted by Gasteiger charge is 2.46. The highest BCUT2D eigenvalue weighted by atomic mass is 15.2. The number of hydrogen-bond acceptors (Lipinski definition) is 2. The van der Waals surface area contributed by atoms with Gasteiger partial charge < -0.3 is 10.2 Å². The first-order valence-electron chi connectivity index (χ1n) is 7.95. The van der Waals surface area contributed by atoms with Gasteiger partial charge in [0.2, 0.25) is 0 Å². The van der Waals surface area contributed by atoms with Crippen molar-refractivity contribution in [3.05, 3.63) is 0 Å². The molecule has 18 heavy (non-hydrogen) atoms. The minimum Gasteiger partial charge on any atom is -0.315 e. The second kappa shape index (κ2) is 5.92. The van der Waals surface area contributed by atoms with Crippen molar-refractivity contribution in [3.63, 3.8) is 0 Å². The quantitative estimate of drug-likeness (QED) is 0.826. The van der Waals surface area contributed by atoms with Crippen LogP contribution in [0.2, 0.25) is 0 Å². The normalized spacial score (nSPS) is 33.8. The first-order valence-corrected chi connectivity index (χ1v) is 7.95. The van der Waals surface area contributed by atoms with E-state index in [1.807, 2.05) is 0 Å². The van der Waals surface area contributed by atoms with Gasteiger partial charge in [0, 0.05) is 11.6 Å². The summed E-state index contributed by atoms with van der Waals surface area (Å²) in [5.41, 5.74) is 0.427. The van der Waals surface area contributed by atoms with E-state index in [0.29, 0.717) is 11.6 Å². The van der Waals surface area contributed by atoms with E-state index in [-0.39, 0.29) is 0 Å². The highest BCUT2D eigenvalue weighted by Crippen LogP contribution is 2.43. The van der Waals surface area contributed by atoms with Gasteiger partial charge in [-0.2, -0.15) is 0 Å². The third-order valence-electron chi connectivity index (χ3n) is 5.70. The number of rotatable bonds is 4. The molecule has 3 unspecified atom stereocenters. The molecule has 2 rings (SSSR count). The molecule has 0 aromatic rings. The Balaban J connectivity index is 2.15. The van der Waals surface area contributed by atoms with Crippen LogP contribution >= 0.6 is 0 Å². The lowest BCUT2D eigenvalue weighted by Crippen LogP contribution is -2.60. The maximum atomic E-state index is 3.71. The van der Waals surface area contributed by atoms with E-state index in [1.54, 1.807) is 0 Å². The number of likely N-dealkylation sites (N-methyl/N-ethyl adjacent to an activating group) is 2. The zero-order valence-corrected chi connectivity index (χ0v) is 12.8. The number of nitrogens with zero attached hydrogens (tertiary/aromatic N) is 1. The molecule has 2 aliphatic carbocycles. The van der Waals surface area contributed by atoms with Crippen molar-refractivity contribution in [2.45, 2.75) is 69.9 Å². The molecule has 0 aliphatic heterocycles. The lowest BCUT2D eigenvalue weighted by atomic mass is 9.71. The maximum absolute atomic E-state index is 3.71. The Morgan fingerprint density at radius 3 is 2.28 bits per heavy atom. The van der Waals surface area contributed by atoms with Crippen LogP contribution in [0.3, 0.4) is 0 Å². The van der Waals surface area contributed by atoms with Crippen LogP contribution in [0.5, 0.6) is 0 Å². The van der Waals surface area contributed by atoms with E-state index < -0.39 is 0 Å². The van der Waals surface area contributed by atoms with Crippen molar-refractivity contribution in [2.24, 2.45) is 11.8 Å². The van der Waals surface area contributed by atoms with E-state index in [2.05, 4.69) is 38.3 Å². The predicted molar refractivity (Wildman–Crippen MR) is 78.9 cm³/mol. The Morgan fingerprint density at radius 1 is 1.11 bits per heavy atom. The van der Waals surface area contributed by atoms with Gasteiger partial charge in [-0.15, -0.1) is 0 Å². The van der Waals surface area contributed by atoms with Crippen LogP contribution < -0.4 is 5.32 Å². The third kappa shape index (κ3) is 2.60. The SMILES string of the molecule is CNC(C1CCCC(C)C1)C1(N(C)C)CCCC1. The molecule has 0 spiro atoms. The van der Waals surface area contributed by atoms with E-state index in [0.717, 1.165) is 11.8 Å². The molecule has 106 valence electrons. The Bertz CT molecular complexity index is 256. The molecular weight excluding hydrogens is 220 g/mol. The van der Waals surface area contributed by atoms with Crippen molar-refractivity contribution < 1.29 is 0 Å². The van der Waals surface area contributed by atoms with Crippen LogP contribution in [-0.4, -0.2) is 37.6 Å². The fourth-order valence-electron chi connectivity index (χ4n) is 4.75. The molecule has 1 N–H and O–H groups in total. The van der Waals surface area contributed by atoms with Crippen molar-refractivity contribution >= 4 is 0 Å². The molecule has 2 aliphatic rings. The molecule has 3 atom stereocenters. The molecule has 2 saturated carbocycles. The monoisotopic (exact) mass is 252 g/mol. The zero-order valence-electron chi connectivity index (χ0n) is 12.8. The average Bonchev–Trinajstić information content (AvgIpc) is 2.81. The van der Waals surface area contributed by atoms with Crippen LogP contribution in [0.1, 0.15) is 58.3 Å². The lowest BCUT2D eigenvalue weighted by molar-refractivity contribution is 0.0581. The van der Waals surface area contributed by atoms with E-state index in [4.69, 9.17) is 0 Å². The molecular formula is C16H32N2. The second-order valence-electron chi connectivity index (χ2n) is 7.00. The first kappa shape index (κ1) is 14.3. The predicted octanol–water partition coefficient (Wildman–Crippen LogP) is 3.28. The van der Waals surface area contributed by atoms with E-state index in [9.17, 15) is 0 Å². The van der Waals surface area contributed by atoms with Crippen molar-refractivity contribution in [2.75, 3.05) is 21.1 Å². The topological polar surface area (TPSA) is 15.3 Å². The summed E-state index contributed by atoms with van der Waals surface area (Å²) in [6.07, 6.45) is 11.4. The van der Waals surface area contributed by atoms with Crippen molar-refractivity contribution in [1.29, 1.82) is 0 Å². The summed E-state index contributed by atoms with van der Waals surface area (Å²) in [5.74, 6) is 1.82. The van der Waals surface area contributed by atoms with E-state index in [1.165, 1.54) is 51.4 Å². The zero-order chi connectivity index (χ0) is 13.2. The van der Waals surface area contributed by atoms with Gasteiger partial charge in [0.15, 0.2) is 0 Å². The number of nitrogens with one attached hydrogen (secondary N) is 1. The molecule has 2 fully saturated rings. The molecule has 0 aromatic carbocycles. The van der Waals surface area contributed by atoms with Gasteiger partial charge in [-0.1, -0.05) is 32.6 Å². The first-order chi connectivity index (χ1) is 8.60. The molecule has 0 saturated heterocycles. The van der Waals surface area contributed by atoms with Gasteiger partial charge >= 0.3 is 0 Å². The average molecular weight is 252 g/mol. The smallest absolute Gasteiger partial charge is 0.0359 e. The highest BCUT2D eigenvalue weighted by molar-refractivity contribution is 5.04. The maximum Gasteiger partial charge on any atom is 0.0359 e. The Hall–Kier alpha value is -0.0800. The molecule has 2 heteroatoms. The summed E-state index contributed by atoms with van der Waals surface area (Å²) in [4.78, 5) is 2.53. The molecule has 0 aromatic heterocycles. The molecule has 0 bridgehead atoms. The van der Waals surface area contributed by atoms with Crippen LogP contribution in [0.25, 0.3) is 0 Å². The third-order valence-corrected chi connectivity index (χ3v) is 5.70. The van der Waals surface area contributed by atoms with Crippen molar-refractivity contribution in [1.82, 2.24) is 10.2 Å². The van der Waals surface area contributed by atoms with Crippen LogP contribution in [0.15, 0.2) is 0 Å². The fraction of sp³-hybridized carbons (Fsp3) is 1.00. The molecule has 0 heterocycles. The van der Waals surface area contributed by atoms with Gasteiger partial charge in [-0.05, 0) is 58.7 Å². The Kier molecular flexibility index (Phi) is 4.71. The molecule has 0 radical (unpaired) electrons. The molecule has 2 nitrogen and oxygen atoms in total. The van der Waals surface area contributed by atoms with Gasteiger partial charge in [-0.3, -0.25) is 0 Å². The Labute approximate surface area is 114 Å². The Morgan fingerprint density at radius 2 is 1.78 bits per heavy atom. The minimum atomic E-state index is 0.427. The lowest BCUT2D eigenvalue weighted by Gasteiger charge is -2.48. The summed E-state index contributed by atoms with van der Waals surface area (Å²) >= 11 is 0. The summed E-state index contributed by atoms with van der Waals surface area (Å²) in [5, 5.41) is 3.71. The molecule has 0 amide bonds. The summed E-state index contributed by atoms with van der Waals surface area (Å²) in [7, 11) is 6.78. The number of hydrogen-bond donors (Lipinski definition) is 1. The fourth-order valence-corrected chi connectivity index (χ4v) is 4.75. The van der Waals surface area contributed by atoms with Crippen LogP contribution in [0.4, 0.5) is 0 Å². The van der Waals surface area contributed by atoms with Gasteiger partial charge in [0.25, 0.3) is 0 Å². The second-order valence-corrected chi connectivity index (χ2v) is 7.00. The summed E-state index contributed by atoms with van der Waals surface area (Å²) in [6, 6.07) is 0.692. The van der Waals surface area contributed by atoms with Crippen LogP contribution in [-0.2, 0) is 0 Å². The summed E-state index contributed by atoms with van der Waals surface area (Å²) in [6.45, 7) is 2.44. The summed E-state index contributed by atoms with van der Waals surface area (Å²) < 4.78 is 0.